The van der Waals surface area contributed by atoms with E-state index in [1.165, 1.54) is 50.1 Å². The first-order valence-electron chi connectivity index (χ1n) is 9.74. The third-order valence-electron chi connectivity index (χ3n) is 5.29. The summed E-state index contributed by atoms with van der Waals surface area (Å²) >= 11 is 2.07. The molecule has 152 valence electrons. The number of aliphatic imine (C=N–C) groups is 1. The van der Waals surface area contributed by atoms with Gasteiger partial charge in [-0.15, -0.1) is 24.0 Å². The summed E-state index contributed by atoms with van der Waals surface area (Å²) in [6.45, 7) is 4.21. The largest absolute Gasteiger partial charge is 0.497 e. The number of methoxy groups -OCH3 is 1. The van der Waals surface area contributed by atoms with Crippen molar-refractivity contribution < 1.29 is 4.74 Å². The Morgan fingerprint density at radius 2 is 1.96 bits per heavy atom. The van der Waals surface area contributed by atoms with Crippen molar-refractivity contribution in [1.29, 1.82) is 0 Å². The number of rotatable bonds is 7. The summed E-state index contributed by atoms with van der Waals surface area (Å²) in [5, 5.41) is 7.79. The molecule has 27 heavy (non-hydrogen) atoms. The van der Waals surface area contributed by atoms with Gasteiger partial charge in [-0.1, -0.05) is 12.1 Å². The number of likely N-dealkylation sites (tertiary alicyclic amines) is 1. The van der Waals surface area contributed by atoms with E-state index < -0.39 is 0 Å². The SMILES string of the molecule is CN=C(NCC1CCCS1)NCC(c1ccc(OC)cc1)N1CCCC1.I. The minimum absolute atomic E-state index is 0. The second-order valence-electron chi connectivity index (χ2n) is 7.00. The Morgan fingerprint density at radius 3 is 2.56 bits per heavy atom. The molecule has 1 aromatic rings. The zero-order valence-corrected chi connectivity index (χ0v) is 19.6. The molecular weight excluding hydrogens is 471 g/mol. The molecule has 2 fully saturated rings. The van der Waals surface area contributed by atoms with E-state index in [0.29, 0.717) is 6.04 Å². The number of hydrogen-bond donors (Lipinski definition) is 2. The van der Waals surface area contributed by atoms with Crippen molar-refractivity contribution in [2.75, 3.05) is 46.1 Å². The van der Waals surface area contributed by atoms with Crippen LogP contribution < -0.4 is 15.4 Å². The van der Waals surface area contributed by atoms with Gasteiger partial charge in [0.15, 0.2) is 5.96 Å². The van der Waals surface area contributed by atoms with E-state index in [0.717, 1.165) is 30.0 Å². The minimum Gasteiger partial charge on any atom is -0.497 e. The van der Waals surface area contributed by atoms with Gasteiger partial charge in [0.05, 0.1) is 13.2 Å². The predicted molar refractivity (Wildman–Crippen MR) is 127 cm³/mol. The molecule has 1 aromatic carbocycles. The van der Waals surface area contributed by atoms with Gasteiger partial charge in [0.1, 0.15) is 5.75 Å². The third kappa shape index (κ3) is 6.71. The zero-order valence-electron chi connectivity index (χ0n) is 16.4. The molecule has 2 saturated heterocycles. The quantitative estimate of drug-likeness (QED) is 0.338. The molecule has 2 aliphatic rings. The molecular formula is C20H33IN4OS. The van der Waals surface area contributed by atoms with Gasteiger partial charge in [-0.3, -0.25) is 9.89 Å². The Kier molecular flexibility index (Phi) is 10.1. The molecule has 0 radical (unpaired) electrons. The number of benzene rings is 1. The van der Waals surface area contributed by atoms with E-state index in [9.17, 15) is 0 Å². The molecule has 0 amide bonds. The molecule has 0 aliphatic carbocycles. The highest BCUT2D eigenvalue weighted by molar-refractivity contribution is 14.0. The van der Waals surface area contributed by atoms with Crippen LogP contribution in [0.5, 0.6) is 5.75 Å². The summed E-state index contributed by atoms with van der Waals surface area (Å²) in [6, 6.07) is 8.86. The van der Waals surface area contributed by atoms with Crippen molar-refractivity contribution in [2.24, 2.45) is 4.99 Å². The number of thioether (sulfide) groups is 1. The summed E-state index contributed by atoms with van der Waals surface area (Å²) in [5.41, 5.74) is 1.34. The van der Waals surface area contributed by atoms with Crippen LogP contribution in [0.15, 0.2) is 29.3 Å². The lowest BCUT2D eigenvalue weighted by molar-refractivity contribution is 0.245. The van der Waals surface area contributed by atoms with Crippen LogP contribution >= 0.6 is 35.7 Å². The number of hydrogen-bond acceptors (Lipinski definition) is 4. The van der Waals surface area contributed by atoms with Crippen LogP contribution in [0.25, 0.3) is 0 Å². The summed E-state index contributed by atoms with van der Waals surface area (Å²) in [5.74, 6) is 3.12. The van der Waals surface area contributed by atoms with E-state index in [1.807, 2.05) is 7.05 Å². The fraction of sp³-hybridized carbons (Fsp3) is 0.650. The highest BCUT2D eigenvalue weighted by Gasteiger charge is 2.24. The van der Waals surface area contributed by atoms with Crippen molar-refractivity contribution in [1.82, 2.24) is 15.5 Å². The van der Waals surface area contributed by atoms with E-state index in [-0.39, 0.29) is 24.0 Å². The maximum absolute atomic E-state index is 5.31. The summed E-state index contributed by atoms with van der Waals surface area (Å²) < 4.78 is 5.31. The molecule has 2 unspecified atom stereocenters. The molecule has 2 aliphatic heterocycles. The maximum Gasteiger partial charge on any atom is 0.191 e. The van der Waals surface area contributed by atoms with Gasteiger partial charge in [-0.25, -0.2) is 0 Å². The topological polar surface area (TPSA) is 48.9 Å². The lowest BCUT2D eigenvalue weighted by Gasteiger charge is -2.29. The van der Waals surface area contributed by atoms with Crippen LogP contribution in [0, 0.1) is 0 Å². The molecule has 2 N–H and O–H groups in total. The van der Waals surface area contributed by atoms with Crippen molar-refractivity contribution in [3.63, 3.8) is 0 Å². The lowest BCUT2D eigenvalue weighted by Crippen LogP contribution is -2.44. The minimum atomic E-state index is 0. The predicted octanol–water partition coefficient (Wildman–Crippen LogP) is 3.51. The van der Waals surface area contributed by atoms with E-state index in [2.05, 4.69) is 56.6 Å². The monoisotopic (exact) mass is 504 g/mol. The van der Waals surface area contributed by atoms with Crippen LogP contribution in [0.2, 0.25) is 0 Å². The van der Waals surface area contributed by atoms with Gasteiger partial charge in [-0.05, 0) is 62.2 Å². The molecule has 0 aromatic heterocycles. The number of nitrogens with zero attached hydrogens (tertiary/aromatic N) is 2. The van der Waals surface area contributed by atoms with Gasteiger partial charge in [0, 0.05) is 25.4 Å². The second-order valence-corrected chi connectivity index (χ2v) is 8.41. The van der Waals surface area contributed by atoms with Crippen LogP contribution in [0.1, 0.15) is 37.3 Å². The fourth-order valence-electron chi connectivity index (χ4n) is 3.77. The van der Waals surface area contributed by atoms with Gasteiger partial charge in [0.2, 0.25) is 0 Å². The summed E-state index contributed by atoms with van der Waals surface area (Å²) in [6.07, 6.45) is 5.24. The van der Waals surface area contributed by atoms with E-state index in [1.54, 1.807) is 7.11 Å². The number of guanidine groups is 1. The first kappa shape index (κ1) is 22.6. The van der Waals surface area contributed by atoms with Crippen molar-refractivity contribution in [3.05, 3.63) is 29.8 Å². The van der Waals surface area contributed by atoms with Gasteiger partial charge in [-0.2, -0.15) is 11.8 Å². The van der Waals surface area contributed by atoms with Gasteiger partial charge >= 0.3 is 0 Å². The number of halogens is 1. The summed E-state index contributed by atoms with van der Waals surface area (Å²) in [4.78, 5) is 6.99. The molecule has 2 atom stereocenters. The third-order valence-corrected chi connectivity index (χ3v) is 6.69. The maximum atomic E-state index is 5.31. The Morgan fingerprint density at radius 1 is 1.22 bits per heavy atom. The number of nitrogens with one attached hydrogen (secondary N) is 2. The highest BCUT2D eigenvalue weighted by atomic mass is 127. The molecule has 3 rings (SSSR count). The van der Waals surface area contributed by atoms with Crippen LogP contribution in [-0.2, 0) is 0 Å². The smallest absolute Gasteiger partial charge is 0.191 e. The van der Waals surface area contributed by atoms with Gasteiger partial charge < -0.3 is 15.4 Å². The Bertz CT molecular complexity index is 572. The Hall–Kier alpha value is -0.670. The van der Waals surface area contributed by atoms with Crippen LogP contribution in [-0.4, -0.2) is 62.2 Å². The van der Waals surface area contributed by atoms with E-state index in [4.69, 9.17) is 4.74 Å². The molecule has 2 heterocycles. The van der Waals surface area contributed by atoms with Crippen molar-refractivity contribution in [3.8, 4) is 5.75 Å². The first-order chi connectivity index (χ1) is 12.8. The Labute approximate surface area is 185 Å². The molecule has 0 bridgehead atoms. The van der Waals surface area contributed by atoms with Crippen molar-refractivity contribution in [2.45, 2.75) is 37.0 Å². The number of ether oxygens (including phenoxy) is 1. The summed E-state index contributed by atoms with van der Waals surface area (Å²) in [7, 11) is 3.57. The first-order valence-corrected chi connectivity index (χ1v) is 10.8. The standard InChI is InChI=1S/C20H32N4OS.HI/c1-21-20(22-14-18-6-5-13-26-18)23-15-19(24-11-3-4-12-24)16-7-9-17(25-2)10-8-16;/h7-10,18-19H,3-6,11-15H2,1-2H3,(H2,21,22,23);1H. The average molecular weight is 504 g/mol. The van der Waals surface area contributed by atoms with Crippen molar-refractivity contribution >= 4 is 41.7 Å². The average Bonchev–Trinajstić information content (AvgIpc) is 3.39. The van der Waals surface area contributed by atoms with E-state index >= 15 is 0 Å². The van der Waals surface area contributed by atoms with Crippen LogP contribution in [0.4, 0.5) is 0 Å². The molecule has 0 saturated carbocycles. The normalized spacial score (nSPS) is 21.6. The zero-order chi connectivity index (χ0) is 18.2. The molecule has 7 heteroatoms. The molecule has 0 spiro atoms. The van der Waals surface area contributed by atoms with Gasteiger partial charge in [0.25, 0.3) is 0 Å². The Balaban J connectivity index is 0.00000261. The fourth-order valence-corrected chi connectivity index (χ4v) is 4.97. The van der Waals surface area contributed by atoms with Crippen LogP contribution in [0.3, 0.4) is 0 Å². The highest BCUT2D eigenvalue weighted by Crippen LogP contribution is 2.27. The second kappa shape index (κ2) is 12.0. The lowest BCUT2D eigenvalue weighted by atomic mass is 10.1. The molecule has 5 nitrogen and oxygen atoms in total.